The maximum atomic E-state index is 13.3. The highest BCUT2D eigenvalue weighted by atomic mass is 19.1. The standard InChI is InChI=1S/C15H13FN2O4/c16-11(12(17)15(21)22)7-3-4-8-18-13(19)9-5-1-2-6-10(9)14(18)20/h1,5,7,12H,3-4,8,17H2,(H,21,22)/b11-7-. The van der Waals surface area contributed by atoms with Crippen molar-refractivity contribution >= 4 is 17.8 Å². The molecule has 1 unspecified atom stereocenters. The molecule has 0 aromatic heterocycles. The number of aliphatic carboxylic acids is 1. The fourth-order valence-electron chi connectivity index (χ4n) is 2.05. The van der Waals surface area contributed by atoms with Crippen molar-refractivity contribution < 1.29 is 23.9 Å². The van der Waals surface area contributed by atoms with Gasteiger partial charge in [-0.3, -0.25) is 19.3 Å². The van der Waals surface area contributed by atoms with Crippen LogP contribution in [0, 0.1) is 12.1 Å². The van der Waals surface area contributed by atoms with Crippen molar-refractivity contribution in [3.8, 4) is 0 Å². The Morgan fingerprint density at radius 1 is 1.45 bits per heavy atom. The molecule has 2 rings (SSSR count). The molecule has 0 radical (unpaired) electrons. The van der Waals surface area contributed by atoms with Crippen molar-refractivity contribution in [3.05, 3.63) is 47.3 Å². The number of fused-ring (bicyclic) bond motifs is 1. The molecular weight excluding hydrogens is 291 g/mol. The van der Waals surface area contributed by atoms with Gasteiger partial charge < -0.3 is 10.8 Å². The lowest BCUT2D eigenvalue weighted by molar-refractivity contribution is -0.137. The van der Waals surface area contributed by atoms with E-state index in [0.717, 1.165) is 11.0 Å². The SMILES string of the molecule is NC(C(=O)O)/C(F)=C/CCCN1C(=O)c2c#cccc2C1=O. The van der Waals surface area contributed by atoms with Gasteiger partial charge in [-0.2, -0.15) is 0 Å². The third-order valence-electron chi connectivity index (χ3n) is 3.22. The Morgan fingerprint density at radius 2 is 2.18 bits per heavy atom. The highest BCUT2D eigenvalue weighted by Crippen LogP contribution is 2.21. The molecule has 2 amide bonds. The van der Waals surface area contributed by atoms with Crippen LogP contribution in [0.2, 0.25) is 0 Å². The number of nitrogens with two attached hydrogens (primary N) is 1. The van der Waals surface area contributed by atoms with E-state index in [-0.39, 0.29) is 24.1 Å². The van der Waals surface area contributed by atoms with Crippen molar-refractivity contribution in [2.75, 3.05) is 6.54 Å². The largest absolute Gasteiger partial charge is 0.480 e. The molecule has 0 fully saturated rings. The summed E-state index contributed by atoms with van der Waals surface area (Å²) in [5, 5.41) is 8.54. The van der Waals surface area contributed by atoms with Gasteiger partial charge in [0.25, 0.3) is 11.8 Å². The monoisotopic (exact) mass is 304 g/mol. The summed E-state index contributed by atoms with van der Waals surface area (Å²) in [5.41, 5.74) is 5.56. The minimum absolute atomic E-state index is 0.103. The summed E-state index contributed by atoms with van der Waals surface area (Å²) in [7, 11) is 0. The third-order valence-corrected chi connectivity index (χ3v) is 3.22. The summed E-state index contributed by atoms with van der Waals surface area (Å²) in [6, 6.07) is 6.53. The van der Waals surface area contributed by atoms with E-state index < -0.39 is 29.7 Å². The first kappa shape index (κ1) is 15.7. The van der Waals surface area contributed by atoms with Gasteiger partial charge in [0.15, 0.2) is 6.04 Å². The van der Waals surface area contributed by atoms with Gasteiger partial charge >= 0.3 is 5.97 Å². The number of carboxylic acids is 1. The normalized spacial score (nSPS) is 15.5. The number of amides is 2. The zero-order valence-electron chi connectivity index (χ0n) is 11.5. The Balaban J connectivity index is 1.92. The lowest BCUT2D eigenvalue weighted by Gasteiger charge is -2.12. The Kier molecular flexibility index (Phi) is 4.53. The second-order valence-electron chi connectivity index (χ2n) is 4.70. The van der Waals surface area contributed by atoms with Crippen LogP contribution in [0.15, 0.2) is 24.0 Å². The van der Waals surface area contributed by atoms with Gasteiger partial charge in [0.05, 0.1) is 5.56 Å². The lowest BCUT2D eigenvalue weighted by atomic mass is 10.2. The molecule has 22 heavy (non-hydrogen) atoms. The van der Waals surface area contributed by atoms with Crippen LogP contribution in [0.5, 0.6) is 0 Å². The number of rotatable bonds is 6. The van der Waals surface area contributed by atoms with E-state index in [1.807, 2.05) is 0 Å². The number of nitrogens with zero attached hydrogens (tertiary/aromatic N) is 1. The van der Waals surface area contributed by atoms with Crippen LogP contribution in [0.3, 0.4) is 0 Å². The van der Waals surface area contributed by atoms with Gasteiger partial charge in [-0.15, -0.1) is 0 Å². The summed E-state index contributed by atoms with van der Waals surface area (Å²) in [6.45, 7) is 0.103. The van der Waals surface area contributed by atoms with Crippen molar-refractivity contribution in [1.29, 1.82) is 0 Å². The quantitative estimate of drug-likeness (QED) is 0.601. The molecule has 6 nitrogen and oxygen atoms in total. The first-order valence-corrected chi connectivity index (χ1v) is 6.56. The molecule has 1 aliphatic rings. The first-order chi connectivity index (χ1) is 10.4. The Bertz CT molecular complexity index is 622. The maximum absolute atomic E-state index is 13.3. The summed E-state index contributed by atoms with van der Waals surface area (Å²) in [5.74, 6) is -3.28. The molecule has 0 saturated heterocycles. The van der Waals surface area contributed by atoms with Gasteiger partial charge in [-0.25, -0.2) is 4.39 Å². The molecule has 1 aromatic rings. The lowest BCUT2D eigenvalue weighted by Crippen LogP contribution is -2.31. The molecule has 114 valence electrons. The van der Waals surface area contributed by atoms with Crippen molar-refractivity contribution in [1.82, 2.24) is 4.90 Å². The molecule has 1 aromatic carbocycles. The van der Waals surface area contributed by atoms with E-state index in [1.54, 1.807) is 0 Å². The van der Waals surface area contributed by atoms with E-state index in [0.29, 0.717) is 6.42 Å². The smallest absolute Gasteiger partial charge is 0.327 e. The van der Waals surface area contributed by atoms with Gasteiger partial charge in [-0.1, -0.05) is 18.2 Å². The number of carboxylic acid groups (broad SMARTS) is 1. The number of carbonyl (C=O) groups excluding carboxylic acids is 2. The maximum Gasteiger partial charge on any atom is 0.327 e. The molecule has 3 N–H and O–H groups in total. The van der Waals surface area contributed by atoms with E-state index in [9.17, 15) is 18.8 Å². The number of allylic oxidation sites excluding steroid dienone is 1. The summed E-state index contributed by atoms with van der Waals surface area (Å²) in [4.78, 5) is 35.6. The highest BCUT2D eigenvalue weighted by Gasteiger charge is 2.34. The fraction of sp³-hybridized carbons (Fsp3) is 0.267. The van der Waals surface area contributed by atoms with E-state index >= 15 is 0 Å². The average molecular weight is 304 g/mol. The van der Waals surface area contributed by atoms with Crippen LogP contribution in [-0.2, 0) is 4.79 Å². The second-order valence-corrected chi connectivity index (χ2v) is 4.70. The molecule has 1 atom stereocenters. The average Bonchev–Trinajstić information content (AvgIpc) is 2.75. The number of hydrogen-bond acceptors (Lipinski definition) is 4. The van der Waals surface area contributed by atoms with E-state index in [4.69, 9.17) is 10.8 Å². The van der Waals surface area contributed by atoms with E-state index in [2.05, 4.69) is 12.1 Å². The molecule has 0 spiro atoms. The molecule has 1 aliphatic heterocycles. The molecule has 1 heterocycles. The molecule has 0 aliphatic carbocycles. The Morgan fingerprint density at radius 3 is 2.82 bits per heavy atom. The van der Waals surface area contributed by atoms with Gasteiger partial charge in [0.2, 0.25) is 0 Å². The number of carbonyl (C=O) groups is 3. The minimum atomic E-state index is -1.69. The summed E-state index contributed by atoms with van der Waals surface area (Å²) in [6.07, 6.45) is 1.52. The predicted octanol–water partition coefficient (Wildman–Crippen LogP) is 0.928. The van der Waals surface area contributed by atoms with Gasteiger partial charge in [-0.05, 0) is 25.0 Å². The zero-order chi connectivity index (χ0) is 16.3. The minimum Gasteiger partial charge on any atom is -0.480 e. The number of imide groups is 1. The molecule has 7 heteroatoms. The summed E-state index contributed by atoms with van der Waals surface area (Å²) < 4.78 is 13.3. The van der Waals surface area contributed by atoms with Gasteiger partial charge in [0.1, 0.15) is 11.4 Å². The highest BCUT2D eigenvalue weighted by molar-refractivity contribution is 6.20. The Labute approximate surface area is 126 Å². The van der Waals surface area contributed by atoms with Crippen molar-refractivity contribution in [3.63, 3.8) is 0 Å². The van der Waals surface area contributed by atoms with Crippen LogP contribution >= 0.6 is 0 Å². The summed E-state index contributed by atoms with van der Waals surface area (Å²) >= 11 is 0. The third kappa shape index (κ3) is 2.97. The van der Waals surface area contributed by atoms with Gasteiger partial charge in [0, 0.05) is 6.54 Å². The van der Waals surface area contributed by atoms with Crippen LogP contribution in [0.25, 0.3) is 0 Å². The zero-order valence-corrected chi connectivity index (χ0v) is 11.5. The molecule has 0 saturated carbocycles. The number of hydrogen-bond donors (Lipinski definition) is 2. The van der Waals surface area contributed by atoms with Crippen LogP contribution in [0.1, 0.15) is 33.6 Å². The van der Waals surface area contributed by atoms with E-state index in [1.165, 1.54) is 12.1 Å². The predicted molar refractivity (Wildman–Crippen MR) is 73.5 cm³/mol. The topological polar surface area (TPSA) is 101 Å². The van der Waals surface area contributed by atoms with Crippen LogP contribution in [0.4, 0.5) is 4.39 Å². The second kappa shape index (κ2) is 6.37. The number of unbranched alkanes of at least 4 members (excludes halogenated alkanes) is 1. The first-order valence-electron chi connectivity index (χ1n) is 6.56. The molecule has 0 bridgehead atoms. The van der Waals surface area contributed by atoms with Crippen molar-refractivity contribution in [2.45, 2.75) is 18.9 Å². The van der Waals surface area contributed by atoms with Crippen LogP contribution < -0.4 is 5.73 Å². The van der Waals surface area contributed by atoms with Crippen LogP contribution in [-0.4, -0.2) is 40.4 Å². The number of halogens is 1. The Hall–Kier alpha value is -2.72. The van der Waals surface area contributed by atoms with Crippen molar-refractivity contribution in [2.24, 2.45) is 5.73 Å². The molecular formula is C15H13FN2O4. The fourth-order valence-corrected chi connectivity index (χ4v) is 2.05.